The van der Waals surface area contributed by atoms with E-state index in [-0.39, 0.29) is 17.6 Å². The topological polar surface area (TPSA) is 80.8 Å². The quantitative estimate of drug-likeness (QED) is 0.582. The van der Waals surface area contributed by atoms with Crippen molar-refractivity contribution in [2.24, 2.45) is 5.92 Å². The lowest BCUT2D eigenvalue weighted by atomic mass is 9.95. The first-order valence-corrected chi connectivity index (χ1v) is 10.3. The predicted octanol–water partition coefficient (Wildman–Crippen LogP) is 2.23. The van der Waals surface area contributed by atoms with E-state index in [2.05, 4.69) is 0 Å². The van der Waals surface area contributed by atoms with Crippen LogP contribution >= 0.6 is 0 Å². The number of nitrogens with zero attached hydrogens (tertiary/aromatic N) is 1. The van der Waals surface area contributed by atoms with Crippen LogP contribution in [0.2, 0.25) is 0 Å². The molecule has 2 atom stereocenters. The number of benzene rings is 1. The van der Waals surface area contributed by atoms with Crippen molar-refractivity contribution >= 4 is 27.4 Å². The largest absolute Gasteiger partial charge is 0.455 e. The maximum absolute atomic E-state index is 12.7. The van der Waals surface area contributed by atoms with Gasteiger partial charge in [0.2, 0.25) is 0 Å². The lowest BCUT2D eigenvalue weighted by Crippen LogP contribution is -2.43. The summed E-state index contributed by atoms with van der Waals surface area (Å²) in [6.07, 6.45) is 7.64. The minimum Gasteiger partial charge on any atom is -0.455 e. The Bertz CT molecular complexity index is 829. The molecule has 1 amide bonds. The molecule has 1 aromatic rings. The van der Waals surface area contributed by atoms with Gasteiger partial charge in [0.05, 0.1) is 17.7 Å². The molecule has 26 heavy (non-hydrogen) atoms. The van der Waals surface area contributed by atoms with Gasteiger partial charge in [0.15, 0.2) is 16.4 Å². The van der Waals surface area contributed by atoms with Crippen LogP contribution in [0.15, 0.2) is 54.0 Å². The van der Waals surface area contributed by atoms with Gasteiger partial charge >= 0.3 is 5.97 Å². The van der Waals surface area contributed by atoms with Crippen LogP contribution in [0.25, 0.3) is 0 Å². The number of sulfone groups is 1. The average Bonchev–Trinajstić information content (AvgIpc) is 3.01. The third-order valence-electron chi connectivity index (χ3n) is 4.49. The van der Waals surface area contributed by atoms with Crippen LogP contribution in [-0.2, 0) is 24.2 Å². The fourth-order valence-electron chi connectivity index (χ4n) is 3.16. The van der Waals surface area contributed by atoms with Gasteiger partial charge < -0.3 is 9.64 Å². The predicted molar refractivity (Wildman–Crippen MR) is 98.1 cm³/mol. The highest BCUT2D eigenvalue weighted by Gasteiger charge is 2.32. The summed E-state index contributed by atoms with van der Waals surface area (Å²) in [5.74, 6) is -1.22. The third kappa shape index (κ3) is 4.40. The molecule has 7 heteroatoms. The molecule has 1 heterocycles. The van der Waals surface area contributed by atoms with Gasteiger partial charge in [0, 0.05) is 11.1 Å². The highest BCUT2D eigenvalue weighted by Crippen LogP contribution is 2.23. The zero-order chi connectivity index (χ0) is 18.6. The number of carbonyl (C=O) groups is 2. The van der Waals surface area contributed by atoms with Crippen molar-refractivity contribution in [3.63, 3.8) is 0 Å². The molecular weight excluding hydrogens is 354 g/mol. The smallest absolute Gasteiger partial charge is 0.309 e. The van der Waals surface area contributed by atoms with Crippen molar-refractivity contribution in [2.45, 2.75) is 25.3 Å². The monoisotopic (exact) mass is 375 g/mol. The highest BCUT2D eigenvalue weighted by atomic mass is 32.2. The minimum atomic E-state index is -3.32. The lowest BCUT2D eigenvalue weighted by molar-refractivity contribution is -0.152. The van der Waals surface area contributed by atoms with E-state index in [0.29, 0.717) is 12.1 Å². The molecule has 2 aliphatic rings. The van der Waals surface area contributed by atoms with Crippen molar-refractivity contribution < 1.29 is 22.7 Å². The second-order valence-electron chi connectivity index (χ2n) is 6.41. The van der Waals surface area contributed by atoms with Crippen LogP contribution in [0.3, 0.4) is 0 Å². The van der Waals surface area contributed by atoms with Crippen molar-refractivity contribution in [1.29, 1.82) is 0 Å². The van der Waals surface area contributed by atoms with E-state index in [0.717, 1.165) is 18.2 Å². The number of allylic oxidation sites excluding steroid dienone is 2. The standard InChI is InChI=1S/C19H21NO5S/c21-18(13-25-19(22)15-7-3-1-4-8-15)20(16-9-5-2-6-10-16)17-11-12-26(23,24)14-17/h1-3,5-6,9-12,15,17H,4,7-8,13-14H2. The summed E-state index contributed by atoms with van der Waals surface area (Å²) in [4.78, 5) is 26.3. The van der Waals surface area contributed by atoms with Gasteiger partial charge in [-0.15, -0.1) is 0 Å². The number of esters is 1. The molecular formula is C19H21NO5S. The lowest BCUT2D eigenvalue weighted by Gasteiger charge is -2.27. The molecule has 6 nitrogen and oxygen atoms in total. The Hall–Kier alpha value is -2.41. The number of hydrogen-bond acceptors (Lipinski definition) is 5. The van der Waals surface area contributed by atoms with E-state index in [1.54, 1.807) is 24.3 Å². The molecule has 1 aliphatic carbocycles. The molecule has 138 valence electrons. The Morgan fingerprint density at radius 2 is 1.92 bits per heavy atom. The fourth-order valence-corrected chi connectivity index (χ4v) is 4.43. The first-order chi connectivity index (χ1) is 12.5. The van der Waals surface area contributed by atoms with Gasteiger partial charge in [-0.25, -0.2) is 8.42 Å². The van der Waals surface area contributed by atoms with Crippen LogP contribution in [0.1, 0.15) is 19.3 Å². The first kappa shape index (κ1) is 18.4. The molecule has 0 saturated heterocycles. The van der Waals surface area contributed by atoms with E-state index in [9.17, 15) is 18.0 Å². The Morgan fingerprint density at radius 3 is 2.54 bits per heavy atom. The number of amides is 1. The summed E-state index contributed by atoms with van der Waals surface area (Å²) in [5.41, 5.74) is 0.570. The van der Waals surface area contributed by atoms with Gasteiger partial charge in [-0.05, 0) is 37.5 Å². The summed E-state index contributed by atoms with van der Waals surface area (Å²) < 4.78 is 28.7. The molecule has 0 radical (unpaired) electrons. The first-order valence-electron chi connectivity index (χ1n) is 8.56. The third-order valence-corrected chi connectivity index (χ3v) is 5.86. The van der Waals surface area contributed by atoms with E-state index in [1.165, 1.54) is 11.0 Å². The zero-order valence-corrected chi connectivity index (χ0v) is 15.1. The molecule has 0 fully saturated rings. The minimum absolute atomic E-state index is 0.172. The summed E-state index contributed by atoms with van der Waals surface area (Å²) >= 11 is 0. The van der Waals surface area contributed by atoms with Gasteiger partial charge in [-0.3, -0.25) is 9.59 Å². The number of carbonyl (C=O) groups excluding carboxylic acids is 2. The SMILES string of the molecule is O=C(OCC(=O)N(c1ccccc1)C1C=CS(=O)(=O)C1)C1CC=CCC1. The van der Waals surface area contributed by atoms with Crippen molar-refractivity contribution in [2.75, 3.05) is 17.3 Å². The van der Waals surface area contributed by atoms with Crippen LogP contribution < -0.4 is 4.90 Å². The van der Waals surface area contributed by atoms with Crippen LogP contribution in [0.5, 0.6) is 0 Å². The number of ether oxygens (including phenoxy) is 1. The number of para-hydroxylation sites is 1. The van der Waals surface area contributed by atoms with Crippen LogP contribution in [0.4, 0.5) is 5.69 Å². The van der Waals surface area contributed by atoms with E-state index in [1.807, 2.05) is 18.2 Å². The summed E-state index contributed by atoms with van der Waals surface area (Å²) in [7, 11) is -3.32. The van der Waals surface area contributed by atoms with E-state index >= 15 is 0 Å². The normalized spacial score (nSPS) is 23.5. The molecule has 2 unspecified atom stereocenters. The highest BCUT2D eigenvalue weighted by molar-refractivity contribution is 7.94. The van der Waals surface area contributed by atoms with Crippen molar-refractivity contribution in [3.05, 3.63) is 54.0 Å². The molecule has 0 aromatic heterocycles. The van der Waals surface area contributed by atoms with E-state index in [4.69, 9.17) is 4.74 Å². The maximum atomic E-state index is 12.7. The summed E-state index contributed by atoms with van der Waals surface area (Å²) in [5, 5.41) is 1.13. The Kier molecular flexibility index (Phi) is 5.56. The Balaban J connectivity index is 1.70. The Morgan fingerprint density at radius 1 is 1.15 bits per heavy atom. The van der Waals surface area contributed by atoms with Gasteiger partial charge in [-0.1, -0.05) is 30.4 Å². The maximum Gasteiger partial charge on any atom is 0.309 e. The average molecular weight is 375 g/mol. The van der Waals surface area contributed by atoms with Gasteiger partial charge in [0.25, 0.3) is 5.91 Å². The Labute approximate surface area is 153 Å². The fraction of sp³-hybridized carbons (Fsp3) is 0.368. The van der Waals surface area contributed by atoms with Gasteiger partial charge in [0.1, 0.15) is 0 Å². The molecule has 0 N–H and O–H groups in total. The molecule has 0 saturated carbocycles. The van der Waals surface area contributed by atoms with Crippen LogP contribution in [0, 0.1) is 5.92 Å². The number of anilines is 1. The summed E-state index contributed by atoms with van der Waals surface area (Å²) in [6.45, 7) is -0.404. The van der Waals surface area contributed by atoms with Gasteiger partial charge in [-0.2, -0.15) is 0 Å². The second kappa shape index (κ2) is 7.86. The number of hydrogen-bond donors (Lipinski definition) is 0. The van der Waals surface area contributed by atoms with E-state index < -0.39 is 28.4 Å². The molecule has 1 aliphatic heterocycles. The molecule has 0 spiro atoms. The summed E-state index contributed by atoms with van der Waals surface area (Å²) in [6, 6.07) is 8.19. The zero-order valence-electron chi connectivity index (χ0n) is 14.3. The molecule has 0 bridgehead atoms. The second-order valence-corrected chi connectivity index (χ2v) is 8.35. The molecule has 1 aromatic carbocycles. The number of rotatable bonds is 5. The van der Waals surface area contributed by atoms with Crippen molar-refractivity contribution in [1.82, 2.24) is 0 Å². The van der Waals surface area contributed by atoms with Crippen LogP contribution in [-0.4, -0.2) is 38.7 Å². The van der Waals surface area contributed by atoms with Crippen molar-refractivity contribution in [3.8, 4) is 0 Å². The molecule has 3 rings (SSSR count).